The summed E-state index contributed by atoms with van der Waals surface area (Å²) in [5.41, 5.74) is 5.05. The van der Waals surface area contributed by atoms with E-state index >= 15 is 0 Å². The molecular formula is C27H25N7O. The number of aromatic amines is 1. The average Bonchev–Trinajstić information content (AvgIpc) is 3.37. The molecule has 1 aliphatic heterocycles. The van der Waals surface area contributed by atoms with Crippen molar-refractivity contribution in [3.8, 4) is 11.3 Å². The zero-order chi connectivity index (χ0) is 23.8. The van der Waals surface area contributed by atoms with Crippen LogP contribution in [-0.2, 0) is 6.42 Å². The monoisotopic (exact) mass is 463 g/mol. The van der Waals surface area contributed by atoms with Crippen molar-refractivity contribution in [1.29, 1.82) is 0 Å². The predicted octanol–water partition coefficient (Wildman–Crippen LogP) is 3.75. The number of rotatable bonds is 5. The number of hydrogen-bond acceptors (Lipinski definition) is 7. The van der Waals surface area contributed by atoms with E-state index in [1.807, 2.05) is 48.9 Å². The molecule has 35 heavy (non-hydrogen) atoms. The van der Waals surface area contributed by atoms with E-state index < -0.39 is 0 Å². The molecule has 0 aliphatic carbocycles. The lowest BCUT2D eigenvalue weighted by molar-refractivity contribution is 0.0992. The van der Waals surface area contributed by atoms with Crippen LogP contribution in [0.1, 0.15) is 16.1 Å². The summed E-state index contributed by atoms with van der Waals surface area (Å²) in [5, 5.41) is 1.92. The summed E-state index contributed by atoms with van der Waals surface area (Å²) in [4.78, 5) is 38.9. The molecule has 5 aromatic rings. The molecule has 0 radical (unpaired) electrons. The normalized spacial score (nSPS) is 14.6. The van der Waals surface area contributed by atoms with E-state index in [-0.39, 0.29) is 12.2 Å². The highest BCUT2D eigenvalue weighted by Gasteiger charge is 2.17. The van der Waals surface area contributed by atoms with Gasteiger partial charge < -0.3 is 14.8 Å². The minimum atomic E-state index is 0.0327. The van der Waals surface area contributed by atoms with Crippen LogP contribution in [0.25, 0.3) is 33.1 Å². The second-order valence-electron chi connectivity index (χ2n) is 9.02. The van der Waals surface area contributed by atoms with E-state index in [0.717, 1.165) is 70.8 Å². The molecule has 0 atom stereocenters. The standard InChI is InChI=1S/C27H25N7O/c1-33-6-8-34(9-7-33)27-13-18(2-4-29-27)26(35)14-22-10-19-11-24(32-17-21(19)16-30-22)20-12-25-23(31-15-20)3-5-28-25/h2-5,10-13,15-17,28H,6-9,14H2,1H3. The molecule has 1 fully saturated rings. The molecule has 8 heteroatoms. The van der Waals surface area contributed by atoms with Crippen LogP contribution >= 0.6 is 0 Å². The molecule has 174 valence electrons. The number of fused-ring (bicyclic) bond motifs is 2. The Morgan fingerprint density at radius 2 is 1.77 bits per heavy atom. The quantitative estimate of drug-likeness (QED) is 0.397. The Labute approximate surface area is 202 Å². The number of nitrogens with one attached hydrogen (secondary N) is 1. The molecule has 8 nitrogen and oxygen atoms in total. The number of likely N-dealkylation sites (N-methyl/N-ethyl adjacent to an activating group) is 1. The Morgan fingerprint density at radius 1 is 0.914 bits per heavy atom. The van der Waals surface area contributed by atoms with E-state index in [4.69, 9.17) is 0 Å². The number of piperazine rings is 1. The van der Waals surface area contributed by atoms with Gasteiger partial charge in [-0.3, -0.25) is 19.7 Å². The van der Waals surface area contributed by atoms with E-state index in [1.54, 1.807) is 18.5 Å². The maximum atomic E-state index is 13.1. The summed E-state index contributed by atoms with van der Waals surface area (Å²) in [5.74, 6) is 0.893. The minimum absolute atomic E-state index is 0.0327. The molecule has 0 amide bonds. The number of ketones is 1. The largest absolute Gasteiger partial charge is 0.360 e. The van der Waals surface area contributed by atoms with Gasteiger partial charge in [0, 0.05) is 79.4 Å². The molecule has 0 unspecified atom stereocenters. The van der Waals surface area contributed by atoms with Crippen LogP contribution in [0, 0.1) is 0 Å². The fourth-order valence-electron chi connectivity index (χ4n) is 4.48. The smallest absolute Gasteiger partial charge is 0.169 e. The first kappa shape index (κ1) is 21.4. The highest BCUT2D eigenvalue weighted by molar-refractivity contribution is 5.98. The third-order valence-electron chi connectivity index (χ3n) is 6.59. The van der Waals surface area contributed by atoms with E-state index in [1.165, 1.54) is 0 Å². The maximum Gasteiger partial charge on any atom is 0.169 e. The van der Waals surface area contributed by atoms with Crippen molar-refractivity contribution >= 4 is 33.4 Å². The number of anilines is 1. The van der Waals surface area contributed by atoms with Gasteiger partial charge >= 0.3 is 0 Å². The minimum Gasteiger partial charge on any atom is -0.360 e. The van der Waals surface area contributed by atoms with Gasteiger partial charge in [-0.1, -0.05) is 0 Å². The van der Waals surface area contributed by atoms with Crippen LogP contribution in [0.15, 0.2) is 67.4 Å². The van der Waals surface area contributed by atoms with Crippen molar-refractivity contribution in [2.45, 2.75) is 6.42 Å². The van der Waals surface area contributed by atoms with Gasteiger partial charge in [0.15, 0.2) is 5.78 Å². The van der Waals surface area contributed by atoms with Gasteiger partial charge in [-0.15, -0.1) is 0 Å². The third kappa shape index (κ3) is 4.36. The summed E-state index contributed by atoms with van der Waals surface area (Å²) >= 11 is 0. The van der Waals surface area contributed by atoms with Crippen molar-refractivity contribution < 1.29 is 4.79 Å². The van der Waals surface area contributed by atoms with Crippen molar-refractivity contribution in [2.24, 2.45) is 0 Å². The zero-order valence-electron chi connectivity index (χ0n) is 19.5. The van der Waals surface area contributed by atoms with Crippen LogP contribution in [0.5, 0.6) is 0 Å². The Balaban J connectivity index is 1.24. The number of H-pyrrole nitrogens is 1. The highest BCUT2D eigenvalue weighted by atomic mass is 16.1. The molecule has 5 aromatic heterocycles. The highest BCUT2D eigenvalue weighted by Crippen LogP contribution is 2.24. The lowest BCUT2D eigenvalue weighted by Crippen LogP contribution is -2.44. The molecule has 1 saturated heterocycles. The second-order valence-corrected chi connectivity index (χ2v) is 9.02. The zero-order valence-corrected chi connectivity index (χ0v) is 19.5. The number of Topliss-reactive ketones (excluding diaryl/α,β-unsaturated/α-hetero) is 1. The number of hydrogen-bond donors (Lipinski definition) is 1. The summed E-state index contributed by atoms with van der Waals surface area (Å²) < 4.78 is 0. The molecule has 0 aromatic carbocycles. The van der Waals surface area contributed by atoms with Crippen molar-refractivity contribution in [1.82, 2.24) is 29.8 Å². The Morgan fingerprint density at radius 3 is 2.66 bits per heavy atom. The topological polar surface area (TPSA) is 90.9 Å². The molecule has 6 heterocycles. The lowest BCUT2D eigenvalue weighted by atomic mass is 10.0. The van der Waals surface area contributed by atoms with Crippen LogP contribution in [-0.4, -0.2) is 68.8 Å². The van der Waals surface area contributed by atoms with E-state index in [0.29, 0.717) is 5.56 Å². The Bertz CT molecular complexity index is 1540. The SMILES string of the molecule is CN1CCN(c2cc(C(=O)Cc3cc4cc(-c5cnc6cc[nH]c6c5)ncc4cn3)ccn2)CC1. The van der Waals surface area contributed by atoms with Gasteiger partial charge in [-0.2, -0.15) is 0 Å². The summed E-state index contributed by atoms with van der Waals surface area (Å²) in [6.45, 7) is 3.81. The van der Waals surface area contributed by atoms with Gasteiger partial charge in [0.05, 0.1) is 23.1 Å². The van der Waals surface area contributed by atoms with Gasteiger partial charge in [0.25, 0.3) is 0 Å². The average molecular weight is 464 g/mol. The van der Waals surface area contributed by atoms with Crippen LogP contribution in [0.3, 0.4) is 0 Å². The van der Waals surface area contributed by atoms with Gasteiger partial charge in [0.1, 0.15) is 5.82 Å². The fraction of sp³-hybridized carbons (Fsp3) is 0.222. The summed E-state index contributed by atoms with van der Waals surface area (Å²) in [7, 11) is 2.12. The molecule has 1 aliphatic rings. The maximum absolute atomic E-state index is 13.1. The first-order chi connectivity index (χ1) is 17.1. The number of carbonyl (C=O) groups excluding carboxylic acids is 1. The Hall–Kier alpha value is -4.17. The fourth-order valence-corrected chi connectivity index (χ4v) is 4.48. The first-order valence-electron chi connectivity index (χ1n) is 11.7. The summed E-state index contributed by atoms with van der Waals surface area (Å²) in [6.07, 6.45) is 9.26. The van der Waals surface area contributed by atoms with E-state index in [9.17, 15) is 4.79 Å². The Kier molecular flexibility index (Phi) is 5.42. The van der Waals surface area contributed by atoms with Crippen molar-refractivity contribution in [3.63, 3.8) is 0 Å². The first-order valence-corrected chi connectivity index (χ1v) is 11.7. The number of pyridine rings is 4. The molecule has 0 bridgehead atoms. The van der Waals surface area contributed by atoms with Gasteiger partial charge in [0.2, 0.25) is 0 Å². The summed E-state index contributed by atoms with van der Waals surface area (Å²) in [6, 6.07) is 11.7. The van der Waals surface area contributed by atoms with Gasteiger partial charge in [-0.05, 0) is 48.8 Å². The number of carbonyl (C=O) groups is 1. The lowest BCUT2D eigenvalue weighted by Gasteiger charge is -2.33. The van der Waals surface area contributed by atoms with Crippen LogP contribution < -0.4 is 4.90 Å². The molecule has 1 N–H and O–H groups in total. The number of nitrogens with zero attached hydrogens (tertiary/aromatic N) is 6. The van der Waals surface area contributed by atoms with E-state index in [2.05, 4.69) is 41.8 Å². The number of aromatic nitrogens is 5. The van der Waals surface area contributed by atoms with Crippen LogP contribution in [0.4, 0.5) is 5.82 Å². The van der Waals surface area contributed by atoms with Gasteiger partial charge in [-0.25, -0.2) is 4.98 Å². The predicted molar refractivity (Wildman–Crippen MR) is 137 cm³/mol. The van der Waals surface area contributed by atoms with Crippen molar-refractivity contribution in [3.05, 3.63) is 78.6 Å². The second kappa shape index (κ2) is 8.88. The van der Waals surface area contributed by atoms with Crippen LogP contribution in [0.2, 0.25) is 0 Å². The molecule has 6 rings (SSSR count). The third-order valence-corrected chi connectivity index (χ3v) is 6.59. The van der Waals surface area contributed by atoms with Crippen molar-refractivity contribution in [2.75, 3.05) is 38.1 Å². The molecular weight excluding hydrogens is 438 g/mol. The molecule has 0 saturated carbocycles. The molecule has 0 spiro atoms.